The predicted molar refractivity (Wildman–Crippen MR) is 137 cm³/mol. The fourth-order valence-corrected chi connectivity index (χ4v) is 4.39. The van der Waals surface area contributed by atoms with E-state index < -0.39 is 17.3 Å². The molecule has 0 spiro atoms. The summed E-state index contributed by atoms with van der Waals surface area (Å²) >= 11 is 0. The van der Waals surface area contributed by atoms with Crippen LogP contribution < -0.4 is 10.9 Å². The lowest BCUT2D eigenvalue weighted by molar-refractivity contribution is -0.137. The number of pyridine rings is 2. The Morgan fingerprint density at radius 1 is 0.974 bits per heavy atom. The highest BCUT2D eigenvalue weighted by molar-refractivity contribution is 6.09. The van der Waals surface area contributed by atoms with Crippen LogP contribution in [0.3, 0.4) is 0 Å². The van der Waals surface area contributed by atoms with Gasteiger partial charge in [-0.05, 0) is 79.0 Å². The number of rotatable bonds is 4. The van der Waals surface area contributed by atoms with Crippen molar-refractivity contribution in [3.63, 3.8) is 0 Å². The van der Waals surface area contributed by atoms with Crippen LogP contribution in [-0.4, -0.2) is 15.5 Å². The molecule has 0 radical (unpaired) electrons. The molecule has 1 amide bonds. The summed E-state index contributed by atoms with van der Waals surface area (Å²) in [5.74, 6) is -0.362. The molecule has 6 nitrogen and oxygen atoms in total. The minimum Gasteiger partial charge on any atom is -0.344 e. The van der Waals surface area contributed by atoms with E-state index in [-0.39, 0.29) is 28.6 Å². The molecule has 38 heavy (non-hydrogen) atoms. The predicted octanol–water partition coefficient (Wildman–Crippen LogP) is 5.92. The number of benzene rings is 3. The van der Waals surface area contributed by atoms with Crippen molar-refractivity contribution >= 4 is 27.6 Å². The summed E-state index contributed by atoms with van der Waals surface area (Å²) in [4.78, 5) is 30.9. The van der Waals surface area contributed by atoms with Crippen LogP contribution in [0.5, 0.6) is 0 Å². The number of nitrogens with one attached hydrogen (secondary N) is 1. The molecular formula is C29H19F3N4O2. The van der Waals surface area contributed by atoms with Crippen molar-refractivity contribution in [2.75, 3.05) is 0 Å². The van der Waals surface area contributed by atoms with Crippen LogP contribution in [0.15, 0.2) is 89.9 Å². The van der Waals surface area contributed by atoms with E-state index in [1.54, 1.807) is 48.7 Å². The summed E-state index contributed by atoms with van der Waals surface area (Å²) in [7, 11) is 0. The van der Waals surface area contributed by atoms with Gasteiger partial charge in [0.2, 0.25) is 0 Å². The third-order valence-corrected chi connectivity index (χ3v) is 6.30. The third kappa shape index (κ3) is 4.48. The van der Waals surface area contributed by atoms with Gasteiger partial charge >= 0.3 is 6.18 Å². The van der Waals surface area contributed by atoms with E-state index >= 15 is 0 Å². The number of hydrogen-bond acceptors (Lipinski definition) is 4. The minimum absolute atomic E-state index is 0.204. The van der Waals surface area contributed by atoms with Crippen molar-refractivity contribution < 1.29 is 18.0 Å². The molecule has 188 valence electrons. The van der Waals surface area contributed by atoms with Gasteiger partial charge in [0.1, 0.15) is 0 Å². The molecule has 0 bridgehead atoms. The van der Waals surface area contributed by atoms with Gasteiger partial charge in [-0.25, -0.2) is 0 Å². The van der Waals surface area contributed by atoms with Crippen molar-refractivity contribution in [3.8, 4) is 11.8 Å². The Morgan fingerprint density at radius 3 is 2.39 bits per heavy atom. The fourth-order valence-electron chi connectivity index (χ4n) is 4.39. The van der Waals surface area contributed by atoms with Gasteiger partial charge in [0.25, 0.3) is 11.5 Å². The summed E-state index contributed by atoms with van der Waals surface area (Å²) in [6.45, 7) is 1.81. The molecule has 3 aromatic carbocycles. The largest absolute Gasteiger partial charge is 0.416 e. The number of nitriles is 1. The number of fused-ring (bicyclic) bond motifs is 3. The van der Waals surface area contributed by atoms with E-state index in [1.165, 1.54) is 22.8 Å². The van der Waals surface area contributed by atoms with Crippen LogP contribution in [-0.2, 0) is 6.18 Å². The maximum absolute atomic E-state index is 13.6. The lowest BCUT2D eigenvalue weighted by Crippen LogP contribution is -2.27. The average molecular weight is 512 g/mol. The number of carbonyl (C=O) groups excluding carboxylic acids is 1. The number of carbonyl (C=O) groups is 1. The van der Waals surface area contributed by atoms with Crippen molar-refractivity contribution in [3.05, 3.63) is 118 Å². The highest BCUT2D eigenvalue weighted by atomic mass is 19.4. The molecular weight excluding hydrogens is 493 g/mol. The Morgan fingerprint density at radius 2 is 1.74 bits per heavy atom. The zero-order chi connectivity index (χ0) is 27.0. The molecule has 0 saturated carbocycles. The van der Waals surface area contributed by atoms with Crippen LogP contribution in [0.2, 0.25) is 0 Å². The van der Waals surface area contributed by atoms with Gasteiger partial charge in [-0.2, -0.15) is 18.4 Å². The summed E-state index contributed by atoms with van der Waals surface area (Å²) < 4.78 is 40.7. The monoisotopic (exact) mass is 512 g/mol. The molecule has 0 fully saturated rings. The summed E-state index contributed by atoms with van der Waals surface area (Å²) in [6, 6.07) is 20.7. The Kier molecular flexibility index (Phi) is 6.17. The molecule has 2 heterocycles. The third-order valence-electron chi connectivity index (χ3n) is 6.30. The molecule has 0 unspecified atom stereocenters. The van der Waals surface area contributed by atoms with Gasteiger partial charge < -0.3 is 5.32 Å². The van der Waals surface area contributed by atoms with Gasteiger partial charge in [-0.1, -0.05) is 12.1 Å². The summed E-state index contributed by atoms with van der Waals surface area (Å²) in [5.41, 5.74) is 0.554. The number of hydrogen-bond donors (Lipinski definition) is 1. The number of alkyl halides is 3. The van der Waals surface area contributed by atoms with E-state index in [0.29, 0.717) is 27.5 Å². The second-order valence-electron chi connectivity index (χ2n) is 8.74. The van der Waals surface area contributed by atoms with Crippen LogP contribution in [0.1, 0.15) is 40.1 Å². The summed E-state index contributed by atoms with van der Waals surface area (Å²) in [5, 5.41) is 13.5. The first-order valence-electron chi connectivity index (χ1n) is 11.6. The number of amides is 1. The molecule has 5 aromatic rings. The Labute approximate surface area is 214 Å². The summed E-state index contributed by atoms with van der Waals surface area (Å²) in [6.07, 6.45) is -2.89. The number of halogens is 3. The smallest absolute Gasteiger partial charge is 0.344 e. The molecule has 0 aliphatic heterocycles. The normalized spacial score (nSPS) is 12.3. The number of aromatic nitrogens is 2. The van der Waals surface area contributed by atoms with Crippen molar-refractivity contribution in [1.82, 2.24) is 14.9 Å². The van der Waals surface area contributed by atoms with E-state index in [2.05, 4.69) is 10.3 Å². The Bertz CT molecular complexity index is 1790. The zero-order valence-electron chi connectivity index (χ0n) is 20.0. The first-order chi connectivity index (χ1) is 18.2. The van der Waals surface area contributed by atoms with Gasteiger partial charge in [-0.3, -0.25) is 19.1 Å². The highest BCUT2D eigenvalue weighted by Crippen LogP contribution is 2.31. The van der Waals surface area contributed by atoms with E-state index in [4.69, 9.17) is 0 Å². The quantitative estimate of drug-likeness (QED) is 0.303. The molecule has 1 N–H and O–H groups in total. The molecule has 1 atom stereocenters. The number of nitrogens with zero attached hydrogens (tertiary/aromatic N) is 3. The molecule has 2 aromatic heterocycles. The maximum Gasteiger partial charge on any atom is 0.416 e. The lowest BCUT2D eigenvalue weighted by Gasteiger charge is -2.16. The van der Waals surface area contributed by atoms with Gasteiger partial charge in [-0.15, -0.1) is 0 Å². The Balaban J connectivity index is 1.68. The topological polar surface area (TPSA) is 87.8 Å². The average Bonchev–Trinajstić information content (AvgIpc) is 2.93. The Hall–Kier alpha value is -4.97. The van der Waals surface area contributed by atoms with E-state index in [0.717, 1.165) is 12.1 Å². The maximum atomic E-state index is 13.6. The van der Waals surface area contributed by atoms with E-state index in [9.17, 15) is 28.0 Å². The zero-order valence-corrected chi connectivity index (χ0v) is 20.0. The van der Waals surface area contributed by atoms with Gasteiger partial charge in [0.15, 0.2) is 0 Å². The van der Waals surface area contributed by atoms with E-state index in [1.807, 2.05) is 19.1 Å². The van der Waals surface area contributed by atoms with Crippen molar-refractivity contribution in [2.24, 2.45) is 0 Å². The molecule has 0 aliphatic carbocycles. The molecule has 9 heteroatoms. The fraction of sp³-hybridized carbons (Fsp3) is 0.103. The highest BCUT2D eigenvalue weighted by Gasteiger charge is 2.30. The second-order valence-corrected chi connectivity index (χ2v) is 8.74. The second kappa shape index (κ2) is 9.48. The molecule has 0 saturated heterocycles. The van der Waals surface area contributed by atoms with Gasteiger partial charge in [0, 0.05) is 28.2 Å². The van der Waals surface area contributed by atoms with Crippen LogP contribution in [0.4, 0.5) is 13.2 Å². The first-order valence-corrected chi connectivity index (χ1v) is 11.6. The van der Waals surface area contributed by atoms with Crippen LogP contribution >= 0.6 is 0 Å². The van der Waals surface area contributed by atoms with Crippen molar-refractivity contribution in [2.45, 2.75) is 19.1 Å². The SMILES string of the molecule is C[C@H](NC(=O)c1ccc2c(c1)c1ccc(C#N)cc1c(=O)n2-c1ccc(C(F)(F)F)cc1)c1ccccn1. The van der Waals surface area contributed by atoms with Crippen molar-refractivity contribution in [1.29, 1.82) is 5.26 Å². The lowest BCUT2D eigenvalue weighted by atomic mass is 10.0. The standard InChI is InChI=1S/C29H19F3N4O2/c1-17(25-4-2-3-13-34-25)35-27(37)19-6-12-26-23(15-19)22-11-5-18(16-33)14-24(22)28(38)36(26)21-9-7-20(8-10-21)29(30,31)32/h2-15,17H,1H3,(H,35,37)/t17-/m0/s1. The van der Waals surface area contributed by atoms with Gasteiger partial charge in [0.05, 0.1) is 34.4 Å². The molecule has 0 aliphatic rings. The van der Waals surface area contributed by atoms with Crippen LogP contribution in [0, 0.1) is 11.3 Å². The van der Waals surface area contributed by atoms with Crippen LogP contribution in [0.25, 0.3) is 27.4 Å². The molecule has 5 rings (SSSR count). The minimum atomic E-state index is -4.52. The first kappa shape index (κ1) is 24.7.